The molecule has 4 nitrogen and oxygen atoms in total. The van der Waals surface area contributed by atoms with Crippen molar-refractivity contribution < 1.29 is 4.79 Å². The summed E-state index contributed by atoms with van der Waals surface area (Å²) >= 11 is 0. The van der Waals surface area contributed by atoms with Gasteiger partial charge in [0, 0.05) is 6.04 Å². The molecule has 1 amide bonds. The Morgan fingerprint density at radius 1 is 1.33 bits per heavy atom. The summed E-state index contributed by atoms with van der Waals surface area (Å²) in [6, 6.07) is 5.23. The highest BCUT2D eigenvalue weighted by atomic mass is 35.5. The van der Waals surface area contributed by atoms with Gasteiger partial charge in [0.1, 0.15) is 11.5 Å². The Kier molecular flexibility index (Phi) is 7.36. The van der Waals surface area contributed by atoms with Gasteiger partial charge in [-0.3, -0.25) is 4.79 Å². The highest BCUT2D eigenvalue weighted by Gasteiger charge is 2.11. The molecule has 1 atom stereocenters. The Bertz CT molecular complexity index is 382. The molecule has 5 heteroatoms. The first-order valence-corrected chi connectivity index (χ1v) is 6.02. The lowest BCUT2D eigenvalue weighted by molar-refractivity contribution is 0.0932. The minimum Gasteiger partial charge on any atom is -0.384 e. The summed E-state index contributed by atoms with van der Waals surface area (Å²) < 4.78 is 0. The molecule has 0 radical (unpaired) electrons. The normalized spacial score (nSPS) is 11.8. The Morgan fingerprint density at radius 2 is 2.00 bits per heavy atom. The van der Waals surface area contributed by atoms with Crippen LogP contribution in [0.1, 0.15) is 44.1 Å². The van der Waals surface area contributed by atoms with Gasteiger partial charge in [-0.25, -0.2) is 4.98 Å². The minimum absolute atomic E-state index is 0. The molecule has 1 rings (SSSR count). The molecule has 0 aromatic carbocycles. The van der Waals surface area contributed by atoms with Gasteiger partial charge in [-0.05, 0) is 37.8 Å². The number of hydrogen-bond acceptors (Lipinski definition) is 3. The minimum atomic E-state index is -0.159. The zero-order chi connectivity index (χ0) is 12.8. The van der Waals surface area contributed by atoms with Crippen LogP contribution in [0.2, 0.25) is 0 Å². The van der Waals surface area contributed by atoms with E-state index < -0.39 is 0 Å². The number of nitrogens with one attached hydrogen (secondary N) is 1. The maximum absolute atomic E-state index is 11.8. The van der Waals surface area contributed by atoms with E-state index in [0.29, 0.717) is 17.4 Å². The average Bonchev–Trinajstić information content (AvgIpc) is 2.26. The molecular weight excluding hydrogens is 250 g/mol. The molecule has 1 aromatic rings. The van der Waals surface area contributed by atoms with Crippen molar-refractivity contribution in [2.75, 3.05) is 5.73 Å². The van der Waals surface area contributed by atoms with Crippen LogP contribution in [-0.4, -0.2) is 16.9 Å². The van der Waals surface area contributed by atoms with Crippen molar-refractivity contribution in [1.29, 1.82) is 0 Å². The highest BCUT2D eigenvalue weighted by Crippen LogP contribution is 2.07. The van der Waals surface area contributed by atoms with Gasteiger partial charge in [-0.1, -0.05) is 19.9 Å². The van der Waals surface area contributed by atoms with Crippen molar-refractivity contribution in [3.05, 3.63) is 23.9 Å². The number of nitrogens with zero attached hydrogens (tertiary/aromatic N) is 1. The SMILES string of the molecule is CC(C)CCC(C)NC(=O)c1cccc(N)n1.Cl. The number of nitrogens with two attached hydrogens (primary N) is 1. The maximum Gasteiger partial charge on any atom is 0.270 e. The van der Waals surface area contributed by atoms with Gasteiger partial charge < -0.3 is 11.1 Å². The van der Waals surface area contributed by atoms with Crippen molar-refractivity contribution in [3.63, 3.8) is 0 Å². The number of hydrogen-bond donors (Lipinski definition) is 2. The highest BCUT2D eigenvalue weighted by molar-refractivity contribution is 5.92. The van der Waals surface area contributed by atoms with Crippen molar-refractivity contribution in [1.82, 2.24) is 10.3 Å². The number of nitrogen functional groups attached to an aromatic ring is 1. The molecule has 0 aliphatic rings. The third-order valence-corrected chi connectivity index (χ3v) is 2.56. The fourth-order valence-corrected chi connectivity index (χ4v) is 1.53. The predicted molar refractivity (Wildman–Crippen MR) is 76.9 cm³/mol. The fourth-order valence-electron chi connectivity index (χ4n) is 1.53. The van der Waals surface area contributed by atoms with E-state index in [2.05, 4.69) is 24.1 Å². The number of rotatable bonds is 5. The van der Waals surface area contributed by atoms with E-state index in [1.54, 1.807) is 18.2 Å². The molecule has 18 heavy (non-hydrogen) atoms. The molecule has 0 bridgehead atoms. The first kappa shape index (κ1) is 16.7. The third kappa shape index (κ3) is 5.87. The summed E-state index contributed by atoms with van der Waals surface area (Å²) in [6.07, 6.45) is 2.08. The van der Waals surface area contributed by atoms with Crippen LogP contribution in [-0.2, 0) is 0 Å². The Morgan fingerprint density at radius 3 is 2.56 bits per heavy atom. The zero-order valence-corrected chi connectivity index (χ0v) is 12.0. The molecule has 0 aliphatic heterocycles. The van der Waals surface area contributed by atoms with Crippen molar-refractivity contribution in [2.24, 2.45) is 5.92 Å². The lowest BCUT2D eigenvalue weighted by atomic mass is 10.0. The summed E-state index contributed by atoms with van der Waals surface area (Å²) in [7, 11) is 0. The van der Waals surface area contributed by atoms with Crippen LogP contribution in [0.3, 0.4) is 0 Å². The number of halogens is 1. The van der Waals surface area contributed by atoms with Gasteiger partial charge >= 0.3 is 0 Å². The van der Waals surface area contributed by atoms with Crippen molar-refractivity contribution in [3.8, 4) is 0 Å². The maximum atomic E-state index is 11.8. The molecule has 0 aliphatic carbocycles. The van der Waals surface area contributed by atoms with E-state index in [0.717, 1.165) is 12.8 Å². The van der Waals surface area contributed by atoms with Crippen molar-refractivity contribution in [2.45, 2.75) is 39.7 Å². The Labute approximate surface area is 115 Å². The van der Waals surface area contributed by atoms with E-state index in [1.165, 1.54) is 0 Å². The molecule has 0 spiro atoms. The van der Waals surface area contributed by atoms with Gasteiger partial charge in [0.25, 0.3) is 5.91 Å². The monoisotopic (exact) mass is 271 g/mol. The van der Waals surface area contributed by atoms with Gasteiger partial charge in [0.15, 0.2) is 0 Å². The molecule has 1 unspecified atom stereocenters. The second-order valence-corrected chi connectivity index (χ2v) is 4.79. The lowest BCUT2D eigenvalue weighted by Crippen LogP contribution is -2.33. The first-order valence-electron chi connectivity index (χ1n) is 6.02. The van der Waals surface area contributed by atoms with Gasteiger partial charge in [0.05, 0.1) is 0 Å². The number of amides is 1. The Hall–Kier alpha value is -1.29. The molecule has 102 valence electrons. The lowest BCUT2D eigenvalue weighted by Gasteiger charge is -2.14. The quantitative estimate of drug-likeness (QED) is 0.865. The number of aromatic nitrogens is 1. The summed E-state index contributed by atoms with van der Waals surface area (Å²) in [5, 5.41) is 2.92. The summed E-state index contributed by atoms with van der Waals surface area (Å²) in [4.78, 5) is 15.8. The summed E-state index contributed by atoms with van der Waals surface area (Å²) in [5.41, 5.74) is 5.91. The molecule has 3 N–H and O–H groups in total. The predicted octanol–water partition coefficient (Wildman–Crippen LogP) is 2.64. The van der Waals surface area contributed by atoms with E-state index in [-0.39, 0.29) is 24.4 Å². The van der Waals surface area contributed by atoms with Gasteiger partial charge in [-0.15, -0.1) is 12.4 Å². The van der Waals surface area contributed by atoms with Crippen LogP contribution < -0.4 is 11.1 Å². The number of carbonyl (C=O) groups is 1. The van der Waals surface area contributed by atoms with E-state index in [4.69, 9.17) is 5.73 Å². The number of anilines is 1. The van der Waals surface area contributed by atoms with Crippen LogP contribution in [0.15, 0.2) is 18.2 Å². The average molecular weight is 272 g/mol. The summed E-state index contributed by atoms with van der Waals surface area (Å²) in [6.45, 7) is 6.36. The fraction of sp³-hybridized carbons (Fsp3) is 0.538. The first-order chi connectivity index (χ1) is 7.99. The second-order valence-electron chi connectivity index (χ2n) is 4.79. The van der Waals surface area contributed by atoms with E-state index in [9.17, 15) is 4.79 Å². The van der Waals surface area contributed by atoms with Crippen LogP contribution >= 0.6 is 12.4 Å². The van der Waals surface area contributed by atoms with Crippen LogP contribution in [0.5, 0.6) is 0 Å². The van der Waals surface area contributed by atoms with Gasteiger partial charge in [0.2, 0.25) is 0 Å². The molecule has 1 aromatic heterocycles. The van der Waals surface area contributed by atoms with Crippen LogP contribution in [0.25, 0.3) is 0 Å². The standard InChI is InChI=1S/C13H21N3O.ClH/c1-9(2)7-8-10(3)15-13(17)11-5-4-6-12(14)16-11;/h4-6,9-10H,7-8H2,1-3H3,(H2,14,16)(H,15,17);1H. The number of pyridine rings is 1. The van der Waals surface area contributed by atoms with Crippen LogP contribution in [0, 0.1) is 5.92 Å². The largest absolute Gasteiger partial charge is 0.384 e. The van der Waals surface area contributed by atoms with Gasteiger partial charge in [-0.2, -0.15) is 0 Å². The third-order valence-electron chi connectivity index (χ3n) is 2.56. The molecule has 0 fully saturated rings. The molecule has 0 saturated carbocycles. The summed E-state index contributed by atoms with van der Waals surface area (Å²) in [5.74, 6) is 0.862. The molecular formula is C13H22ClN3O. The van der Waals surface area contributed by atoms with Crippen molar-refractivity contribution >= 4 is 24.1 Å². The molecule has 0 saturated heterocycles. The second kappa shape index (κ2) is 7.93. The Balaban J connectivity index is 0.00000289. The molecule has 1 heterocycles. The van der Waals surface area contributed by atoms with Crippen LogP contribution in [0.4, 0.5) is 5.82 Å². The smallest absolute Gasteiger partial charge is 0.270 e. The zero-order valence-electron chi connectivity index (χ0n) is 11.1. The van der Waals surface area contributed by atoms with E-state index in [1.807, 2.05) is 6.92 Å². The topological polar surface area (TPSA) is 68.0 Å². The van der Waals surface area contributed by atoms with E-state index >= 15 is 0 Å². The number of carbonyl (C=O) groups excluding carboxylic acids is 1.